The highest BCUT2D eigenvalue weighted by Crippen LogP contribution is 2.25. The van der Waals surface area contributed by atoms with Gasteiger partial charge in [-0.15, -0.1) is 0 Å². The molecule has 4 N–H and O–H groups in total. The average molecular weight is 263 g/mol. The molecule has 1 fully saturated rings. The van der Waals surface area contributed by atoms with Crippen molar-refractivity contribution in [1.82, 2.24) is 9.97 Å². The average Bonchev–Trinajstić information content (AvgIpc) is 2.43. The third-order valence-electron chi connectivity index (χ3n) is 3.75. The molecular formula is C14H25N5. The minimum absolute atomic E-state index is 0.544. The lowest BCUT2D eigenvalue weighted by molar-refractivity contribution is 0.461. The van der Waals surface area contributed by atoms with E-state index in [1.807, 2.05) is 6.92 Å². The van der Waals surface area contributed by atoms with E-state index in [0.717, 1.165) is 35.9 Å². The van der Waals surface area contributed by atoms with Crippen molar-refractivity contribution < 1.29 is 0 Å². The van der Waals surface area contributed by atoms with E-state index in [1.54, 1.807) is 0 Å². The van der Waals surface area contributed by atoms with Gasteiger partial charge in [-0.3, -0.25) is 0 Å². The predicted octanol–water partition coefficient (Wildman–Crippen LogP) is 2.77. The summed E-state index contributed by atoms with van der Waals surface area (Å²) in [4.78, 5) is 9.09. The summed E-state index contributed by atoms with van der Waals surface area (Å²) in [5.74, 6) is 8.09. The Morgan fingerprint density at radius 1 is 1.16 bits per heavy atom. The number of rotatable bonds is 5. The molecule has 0 amide bonds. The number of aromatic nitrogens is 2. The lowest BCUT2D eigenvalue weighted by Gasteiger charge is -2.24. The van der Waals surface area contributed by atoms with Gasteiger partial charge in [0, 0.05) is 18.0 Å². The summed E-state index contributed by atoms with van der Waals surface area (Å²) < 4.78 is 0. The molecule has 0 bridgehead atoms. The van der Waals surface area contributed by atoms with Crippen LogP contribution in [0.2, 0.25) is 0 Å². The van der Waals surface area contributed by atoms with Crippen LogP contribution in [-0.4, -0.2) is 16.0 Å². The molecule has 0 saturated heterocycles. The minimum Gasteiger partial charge on any atom is -0.367 e. The second kappa shape index (κ2) is 6.70. The first-order chi connectivity index (χ1) is 9.24. The zero-order valence-electron chi connectivity index (χ0n) is 12.0. The molecule has 1 aromatic rings. The molecule has 0 aliphatic heterocycles. The molecular weight excluding hydrogens is 238 g/mol. The normalized spacial score (nSPS) is 16.4. The van der Waals surface area contributed by atoms with Gasteiger partial charge in [0.25, 0.3) is 0 Å². The predicted molar refractivity (Wildman–Crippen MR) is 79.1 cm³/mol. The van der Waals surface area contributed by atoms with Crippen molar-refractivity contribution in [3.63, 3.8) is 0 Å². The second-order valence-electron chi connectivity index (χ2n) is 5.34. The van der Waals surface area contributed by atoms with Crippen LogP contribution in [0.3, 0.4) is 0 Å². The molecule has 5 nitrogen and oxygen atoms in total. The van der Waals surface area contributed by atoms with Gasteiger partial charge in [0.05, 0.1) is 0 Å². The van der Waals surface area contributed by atoms with E-state index in [9.17, 15) is 0 Å². The Kier molecular flexibility index (Phi) is 4.96. The maximum atomic E-state index is 5.55. The summed E-state index contributed by atoms with van der Waals surface area (Å²) in [6.07, 6.45) is 8.37. The molecule has 1 aliphatic carbocycles. The maximum absolute atomic E-state index is 5.55. The van der Waals surface area contributed by atoms with Gasteiger partial charge in [-0.25, -0.2) is 15.8 Å². The van der Waals surface area contributed by atoms with E-state index in [-0.39, 0.29) is 0 Å². The number of aryl methyl sites for hydroxylation is 1. The number of hydrogen-bond acceptors (Lipinski definition) is 5. The van der Waals surface area contributed by atoms with Crippen molar-refractivity contribution in [2.45, 2.75) is 64.8 Å². The molecule has 1 aromatic heterocycles. The monoisotopic (exact) mass is 263 g/mol. The minimum atomic E-state index is 0.544. The number of nitrogens with zero attached hydrogens (tertiary/aromatic N) is 2. The number of hydrazine groups is 1. The topological polar surface area (TPSA) is 75.9 Å². The van der Waals surface area contributed by atoms with Gasteiger partial charge in [-0.1, -0.05) is 26.2 Å². The highest BCUT2D eigenvalue weighted by molar-refractivity contribution is 5.57. The molecule has 0 atom stereocenters. The molecule has 1 saturated carbocycles. The van der Waals surface area contributed by atoms with Crippen LogP contribution < -0.4 is 16.6 Å². The van der Waals surface area contributed by atoms with Crippen molar-refractivity contribution >= 4 is 11.6 Å². The number of nitrogen functional groups attached to an aromatic ring is 1. The van der Waals surface area contributed by atoms with E-state index < -0.39 is 0 Å². The number of nitrogens with two attached hydrogens (primary N) is 1. The van der Waals surface area contributed by atoms with Gasteiger partial charge in [0.1, 0.15) is 17.5 Å². The highest BCUT2D eigenvalue weighted by atomic mass is 15.3. The molecule has 2 rings (SSSR count). The summed E-state index contributed by atoms with van der Waals surface area (Å²) >= 11 is 0. The van der Waals surface area contributed by atoms with Gasteiger partial charge in [0.2, 0.25) is 0 Å². The summed E-state index contributed by atoms with van der Waals surface area (Å²) in [6.45, 7) is 4.14. The zero-order chi connectivity index (χ0) is 13.7. The van der Waals surface area contributed by atoms with Gasteiger partial charge in [0.15, 0.2) is 0 Å². The van der Waals surface area contributed by atoms with Crippen molar-refractivity contribution in [2.75, 3.05) is 10.7 Å². The van der Waals surface area contributed by atoms with Crippen LogP contribution >= 0.6 is 0 Å². The third kappa shape index (κ3) is 3.56. The first kappa shape index (κ1) is 14.1. The van der Waals surface area contributed by atoms with E-state index in [1.165, 1.54) is 32.1 Å². The van der Waals surface area contributed by atoms with E-state index in [4.69, 9.17) is 5.84 Å². The number of nitrogens with one attached hydrogen (secondary N) is 2. The molecule has 106 valence electrons. The smallest absolute Gasteiger partial charge is 0.148 e. The van der Waals surface area contributed by atoms with Crippen LogP contribution in [0.15, 0.2) is 0 Å². The largest absolute Gasteiger partial charge is 0.367 e. The van der Waals surface area contributed by atoms with E-state index >= 15 is 0 Å². The van der Waals surface area contributed by atoms with Crippen LogP contribution in [0.5, 0.6) is 0 Å². The standard InChI is InChI=1S/C14H25N5/c1-3-7-12-17-13(10(2)14(18-12)19-15)16-11-8-5-4-6-9-11/h11H,3-9,15H2,1-2H3,(H2,16,17,18,19). The maximum Gasteiger partial charge on any atom is 0.148 e. The summed E-state index contributed by atoms with van der Waals surface area (Å²) in [7, 11) is 0. The summed E-state index contributed by atoms with van der Waals surface area (Å²) in [6, 6.07) is 0.544. The molecule has 19 heavy (non-hydrogen) atoms. The van der Waals surface area contributed by atoms with Crippen LogP contribution in [0.1, 0.15) is 56.8 Å². The van der Waals surface area contributed by atoms with Gasteiger partial charge in [-0.05, 0) is 26.2 Å². The summed E-state index contributed by atoms with van der Waals surface area (Å²) in [5, 5.41) is 3.58. The van der Waals surface area contributed by atoms with Crippen molar-refractivity contribution in [2.24, 2.45) is 5.84 Å². The zero-order valence-corrected chi connectivity index (χ0v) is 12.0. The van der Waals surface area contributed by atoms with Gasteiger partial charge < -0.3 is 10.7 Å². The van der Waals surface area contributed by atoms with Gasteiger partial charge in [-0.2, -0.15) is 0 Å². The van der Waals surface area contributed by atoms with Crippen molar-refractivity contribution in [3.05, 3.63) is 11.4 Å². The van der Waals surface area contributed by atoms with Crippen molar-refractivity contribution in [1.29, 1.82) is 0 Å². The molecule has 0 aromatic carbocycles. The Balaban J connectivity index is 2.18. The lowest BCUT2D eigenvalue weighted by atomic mass is 9.95. The Labute approximate surface area is 115 Å². The van der Waals surface area contributed by atoms with Crippen LogP contribution in [0.4, 0.5) is 11.6 Å². The van der Waals surface area contributed by atoms with Crippen LogP contribution in [0, 0.1) is 6.92 Å². The number of anilines is 2. The fraction of sp³-hybridized carbons (Fsp3) is 0.714. The Hall–Kier alpha value is -1.36. The number of hydrogen-bond donors (Lipinski definition) is 3. The summed E-state index contributed by atoms with van der Waals surface area (Å²) in [5.41, 5.74) is 3.69. The first-order valence-corrected chi connectivity index (χ1v) is 7.35. The lowest BCUT2D eigenvalue weighted by Crippen LogP contribution is -2.24. The van der Waals surface area contributed by atoms with Gasteiger partial charge >= 0.3 is 0 Å². The SMILES string of the molecule is CCCc1nc(NN)c(C)c(NC2CCCCC2)n1. The fourth-order valence-corrected chi connectivity index (χ4v) is 2.62. The molecule has 1 heterocycles. The van der Waals surface area contributed by atoms with E-state index in [2.05, 4.69) is 27.6 Å². The molecule has 0 radical (unpaired) electrons. The Morgan fingerprint density at radius 2 is 1.84 bits per heavy atom. The first-order valence-electron chi connectivity index (χ1n) is 7.35. The molecule has 0 unspecified atom stereocenters. The fourth-order valence-electron chi connectivity index (χ4n) is 2.62. The Morgan fingerprint density at radius 3 is 2.47 bits per heavy atom. The highest BCUT2D eigenvalue weighted by Gasteiger charge is 2.16. The van der Waals surface area contributed by atoms with Crippen molar-refractivity contribution in [3.8, 4) is 0 Å². The third-order valence-corrected chi connectivity index (χ3v) is 3.75. The molecule has 5 heteroatoms. The van der Waals surface area contributed by atoms with Crippen LogP contribution in [-0.2, 0) is 6.42 Å². The molecule has 1 aliphatic rings. The second-order valence-corrected chi connectivity index (χ2v) is 5.34. The van der Waals surface area contributed by atoms with Crippen LogP contribution in [0.25, 0.3) is 0 Å². The molecule has 0 spiro atoms. The Bertz CT molecular complexity index is 413. The van der Waals surface area contributed by atoms with E-state index in [0.29, 0.717) is 6.04 Å². The quantitative estimate of drug-likeness (QED) is 0.562.